The second-order valence-corrected chi connectivity index (χ2v) is 5.39. The Morgan fingerprint density at radius 2 is 1.96 bits per heavy atom. The summed E-state index contributed by atoms with van der Waals surface area (Å²) in [5.74, 6) is -1.19. The summed E-state index contributed by atoms with van der Waals surface area (Å²) in [5.41, 5.74) is -0.160. The average Bonchev–Trinajstić information content (AvgIpc) is 3.36. The minimum absolute atomic E-state index is 0.0338. The van der Waals surface area contributed by atoms with E-state index < -0.39 is 23.5 Å². The fourth-order valence-electron chi connectivity index (χ4n) is 2.01. The summed E-state index contributed by atoms with van der Waals surface area (Å²) in [6.45, 7) is -0.0792. The van der Waals surface area contributed by atoms with Crippen molar-refractivity contribution < 1.29 is 18.0 Å². The highest BCUT2D eigenvalue weighted by Gasteiger charge is 2.34. The van der Waals surface area contributed by atoms with E-state index in [0.29, 0.717) is 11.4 Å². The Labute approximate surface area is 133 Å². The van der Waals surface area contributed by atoms with E-state index in [2.05, 4.69) is 25.3 Å². The highest BCUT2D eigenvalue weighted by molar-refractivity contribution is 5.92. The molecule has 0 spiro atoms. The Bertz CT molecular complexity index is 812. The molecule has 1 aliphatic rings. The minimum atomic E-state index is -4.62. The summed E-state index contributed by atoms with van der Waals surface area (Å²) >= 11 is 0. The second kappa shape index (κ2) is 6.02. The van der Waals surface area contributed by atoms with E-state index in [1.165, 1.54) is 0 Å². The molecule has 1 fully saturated rings. The molecule has 0 bridgehead atoms. The number of aromatic nitrogens is 4. The number of alkyl halides is 3. The number of halogens is 3. The fraction of sp³-hybridized carbons (Fsp3) is 0.357. The van der Waals surface area contributed by atoms with Crippen LogP contribution in [0.25, 0.3) is 0 Å². The normalized spacial score (nSPS) is 14.5. The van der Waals surface area contributed by atoms with E-state index in [1.807, 2.05) is 0 Å². The van der Waals surface area contributed by atoms with Crippen LogP contribution < -0.4 is 10.9 Å². The van der Waals surface area contributed by atoms with Gasteiger partial charge in [-0.15, -0.1) is 0 Å². The van der Waals surface area contributed by atoms with Crippen LogP contribution in [0.2, 0.25) is 0 Å². The van der Waals surface area contributed by atoms with Crippen molar-refractivity contribution in [2.24, 2.45) is 0 Å². The van der Waals surface area contributed by atoms with Crippen molar-refractivity contribution in [1.29, 1.82) is 0 Å². The predicted molar refractivity (Wildman–Crippen MR) is 75.0 cm³/mol. The van der Waals surface area contributed by atoms with Gasteiger partial charge in [0.15, 0.2) is 0 Å². The quantitative estimate of drug-likeness (QED) is 0.877. The van der Waals surface area contributed by atoms with Crippen molar-refractivity contribution in [2.45, 2.75) is 31.5 Å². The van der Waals surface area contributed by atoms with Crippen LogP contribution in [-0.4, -0.2) is 25.8 Å². The Morgan fingerprint density at radius 1 is 1.29 bits per heavy atom. The van der Waals surface area contributed by atoms with Crippen LogP contribution in [0.1, 0.15) is 46.5 Å². The first kappa shape index (κ1) is 16.1. The van der Waals surface area contributed by atoms with Crippen LogP contribution >= 0.6 is 0 Å². The van der Waals surface area contributed by atoms with Gasteiger partial charge in [0.2, 0.25) is 5.82 Å². The van der Waals surface area contributed by atoms with E-state index in [9.17, 15) is 22.8 Å². The Balaban J connectivity index is 1.66. The average molecular weight is 339 g/mol. The van der Waals surface area contributed by atoms with Gasteiger partial charge in [0.1, 0.15) is 11.5 Å². The number of H-pyrrole nitrogens is 1. The molecular formula is C14H12F3N5O2. The standard InChI is InChI=1S/C14H12F3N5O2/c15-14(16,17)13-19-5-7(6-20-13)4-18-12(24)9-3-10(23)22-11(21-9)8-1-2-8/h3,5-6,8H,1-2,4H2,(H,18,24)(H,21,22,23). The van der Waals surface area contributed by atoms with Gasteiger partial charge in [-0.25, -0.2) is 15.0 Å². The van der Waals surface area contributed by atoms with Gasteiger partial charge in [-0.3, -0.25) is 9.59 Å². The van der Waals surface area contributed by atoms with Crippen LogP contribution in [0.4, 0.5) is 13.2 Å². The molecule has 10 heteroatoms. The summed E-state index contributed by atoms with van der Waals surface area (Å²) in [6.07, 6.45) is -0.822. The van der Waals surface area contributed by atoms with Crippen molar-refractivity contribution in [3.63, 3.8) is 0 Å². The maximum absolute atomic E-state index is 12.4. The van der Waals surface area contributed by atoms with E-state index in [-0.39, 0.29) is 18.2 Å². The number of rotatable bonds is 4. The van der Waals surface area contributed by atoms with Gasteiger partial charge < -0.3 is 10.3 Å². The molecule has 1 amide bonds. The topological polar surface area (TPSA) is 101 Å². The van der Waals surface area contributed by atoms with Crippen molar-refractivity contribution in [3.8, 4) is 0 Å². The molecule has 0 saturated heterocycles. The first-order valence-electron chi connectivity index (χ1n) is 7.10. The summed E-state index contributed by atoms with van der Waals surface area (Å²) in [5, 5.41) is 2.47. The lowest BCUT2D eigenvalue weighted by Gasteiger charge is -2.07. The van der Waals surface area contributed by atoms with E-state index in [0.717, 1.165) is 31.3 Å². The van der Waals surface area contributed by atoms with Gasteiger partial charge in [0.05, 0.1) is 0 Å². The Morgan fingerprint density at radius 3 is 2.54 bits per heavy atom. The van der Waals surface area contributed by atoms with Crippen LogP contribution in [0.15, 0.2) is 23.3 Å². The third-order valence-electron chi connectivity index (χ3n) is 3.37. The van der Waals surface area contributed by atoms with E-state index in [1.54, 1.807) is 0 Å². The molecule has 24 heavy (non-hydrogen) atoms. The van der Waals surface area contributed by atoms with Crippen molar-refractivity contribution >= 4 is 5.91 Å². The van der Waals surface area contributed by atoms with Gasteiger partial charge in [0, 0.05) is 36.5 Å². The third-order valence-corrected chi connectivity index (χ3v) is 3.37. The van der Waals surface area contributed by atoms with Crippen molar-refractivity contribution in [1.82, 2.24) is 25.3 Å². The summed E-state index contributed by atoms with van der Waals surface area (Å²) in [6, 6.07) is 1.07. The number of carbonyl (C=O) groups excluding carboxylic acids is 1. The van der Waals surface area contributed by atoms with Crippen LogP contribution in [0.3, 0.4) is 0 Å². The maximum atomic E-state index is 12.4. The summed E-state index contributed by atoms with van der Waals surface area (Å²) in [4.78, 5) is 36.7. The molecule has 2 aromatic heterocycles. The second-order valence-electron chi connectivity index (χ2n) is 5.39. The van der Waals surface area contributed by atoms with Crippen LogP contribution in [0, 0.1) is 0 Å². The molecule has 0 radical (unpaired) electrons. The number of hydrogen-bond acceptors (Lipinski definition) is 5. The minimum Gasteiger partial charge on any atom is -0.347 e. The lowest BCUT2D eigenvalue weighted by atomic mass is 10.3. The monoisotopic (exact) mass is 339 g/mol. The molecule has 2 aromatic rings. The molecule has 2 N–H and O–H groups in total. The SMILES string of the molecule is O=C(NCc1cnc(C(F)(F)F)nc1)c1cc(=O)[nH]c(C2CC2)n1. The molecule has 0 aliphatic heterocycles. The molecule has 0 unspecified atom stereocenters. The highest BCUT2D eigenvalue weighted by Crippen LogP contribution is 2.37. The lowest BCUT2D eigenvalue weighted by molar-refractivity contribution is -0.145. The van der Waals surface area contributed by atoms with Gasteiger partial charge in [-0.1, -0.05) is 0 Å². The largest absolute Gasteiger partial charge is 0.451 e. The molecule has 1 saturated carbocycles. The molecule has 1 aliphatic carbocycles. The fourth-order valence-corrected chi connectivity index (χ4v) is 2.01. The molecule has 126 valence electrons. The Hall–Kier alpha value is -2.78. The summed E-state index contributed by atoms with van der Waals surface area (Å²) < 4.78 is 37.1. The summed E-state index contributed by atoms with van der Waals surface area (Å²) in [7, 11) is 0. The molecule has 3 rings (SSSR count). The zero-order chi connectivity index (χ0) is 17.3. The molecule has 0 atom stereocenters. The molecule has 7 nitrogen and oxygen atoms in total. The van der Waals surface area contributed by atoms with Gasteiger partial charge in [0.25, 0.3) is 11.5 Å². The van der Waals surface area contributed by atoms with E-state index in [4.69, 9.17) is 0 Å². The Kier molecular flexibility index (Phi) is 4.04. The smallest absolute Gasteiger partial charge is 0.347 e. The number of nitrogens with zero attached hydrogens (tertiary/aromatic N) is 3. The number of aromatic amines is 1. The number of hydrogen-bond donors (Lipinski definition) is 2. The number of amides is 1. The number of nitrogens with one attached hydrogen (secondary N) is 2. The van der Waals surface area contributed by atoms with Gasteiger partial charge in [-0.05, 0) is 12.8 Å². The molecular weight excluding hydrogens is 327 g/mol. The third kappa shape index (κ3) is 3.76. The lowest BCUT2D eigenvalue weighted by Crippen LogP contribution is -2.27. The number of carbonyl (C=O) groups is 1. The molecule has 2 heterocycles. The zero-order valence-corrected chi connectivity index (χ0v) is 12.2. The first-order valence-corrected chi connectivity index (χ1v) is 7.10. The van der Waals surface area contributed by atoms with Crippen molar-refractivity contribution in [3.05, 3.63) is 51.7 Å². The van der Waals surface area contributed by atoms with Crippen LogP contribution in [0.5, 0.6) is 0 Å². The molecule has 0 aromatic carbocycles. The van der Waals surface area contributed by atoms with Crippen molar-refractivity contribution in [2.75, 3.05) is 0 Å². The van der Waals surface area contributed by atoms with E-state index >= 15 is 0 Å². The van der Waals surface area contributed by atoms with Gasteiger partial charge >= 0.3 is 6.18 Å². The zero-order valence-electron chi connectivity index (χ0n) is 12.2. The first-order chi connectivity index (χ1) is 11.3. The maximum Gasteiger partial charge on any atom is 0.451 e. The van der Waals surface area contributed by atoms with Gasteiger partial charge in [-0.2, -0.15) is 13.2 Å². The van der Waals surface area contributed by atoms with Crippen LogP contribution in [-0.2, 0) is 12.7 Å². The predicted octanol–water partition coefficient (Wildman–Crippen LogP) is 1.39. The highest BCUT2D eigenvalue weighted by atomic mass is 19.4.